The number of carbonyl (C=O) groups excluding carboxylic acids is 1. The third-order valence-corrected chi connectivity index (χ3v) is 6.04. The zero-order valence-electron chi connectivity index (χ0n) is 20.0. The first kappa shape index (κ1) is 25.9. The first-order valence-electron chi connectivity index (χ1n) is 11.5. The highest BCUT2D eigenvalue weighted by Crippen LogP contribution is 2.26. The molecule has 9 heteroatoms. The molecule has 0 saturated heterocycles. The Morgan fingerprint density at radius 1 is 1.14 bits per heavy atom. The summed E-state index contributed by atoms with van der Waals surface area (Å²) in [5, 5.41) is 27.0. The molecule has 3 rings (SSSR count). The molecular formula is C26H30FN3O5. The van der Waals surface area contributed by atoms with Gasteiger partial charge in [0.15, 0.2) is 5.69 Å². The van der Waals surface area contributed by atoms with E-state index in [9.17, 15) is 24.2 Å². The van der Waals surface area contributed by atoms with Crippen LogP contribution in [0.5, 0.6) is 5.88 Å². The summed E-state index contributed by atoms with van der Waals surface area (Å²) in [6.07, 6.45) is 0.559. The average Bonchev–Trinajstić information content (AvgIpc) is 3.26. The molecule has 35 heavy (non-hydrogen) atoms. The van der Waals surface area contributed by atoms with Crippen LogP contribution in [0.3, 0.4) is 0 Å². The lowest BCUT2D eigenvalue weighted by Crippen LogP contribution is -2.34. The van der Waals surface area contributed by atoms with Crippen LogP contribution in [-0.2, 0) is 4.79 Å². The number of aliphatic carboxylic acids is 1. The smallest absolute Gasteiger partial charge is 0.305 e. The number of benzene rings is 2. The predicted molar refractivity (Wildman–Crippen MR) is 128 cm³/mol. The highest BCUT2D eigenvalue weighted by Gasteiger charge is 2.27. The van der Waals surface area contributed by atoms with Crippen LogP contribution < -0.4 is 10.1 Å². The van der Waals surface area contributed by atoms with Gasteiger partial charge in [0.25, 0.3) is 5.91 Å². The first-order valence-corrected chi connectivity index (χ1v) is 11.5. The molecule has 186 valence electrons. The standard InChI is InChI=1S/C26H30FN3O5/c1-4-26(34,5-2)16-35-23-14-21(29-30(23)22-13-9-8-12-19(22)27)25(33)28-20(15-24(31)32)18-11-7-6-10-17(18)3/h6-14,20,34H,4-5,15-16H2,1-3H3,(H,28,33)(H,31,32)/t20-/m0/s1. The van der Waals surface area contributed by atoms with Crippen molar-refractivity contribution in [2.24, 2.45) is 0 Å². The van der Waals surface area contributed by atoms with Crippen LogP contribution in [0.1, 0.15) is 60.8 Å². The quantitative estimate of drug-likeness (QED) is 0.377. The van der Waals surface area contributed by atoms with Crippen molar-refractivity contribution in [3.8, 4) is 11.6 Å². The maximum Gasteiger partial charge on any atom is 0.305 e. The van der Waals surface area contributed by atoms with Crippen molar-refractivity contribution >= 4 is 11.9 Å². The van der Waals surface area contributed by atoms with Gasteiger partial charge in [-0.2, -0.15) is 9.78 Å². The van der Waals surface area contributed by atoms with Crippen LogP contribution in [0.2, 0.25) is 0 Å². The number of halogens is 1. The van der Waals surface area contributed by atoms with E-state index in [4.69, 9.17) is 4.74 Å². The third-order valence-electron chi connectivity index (χ3n) is 6.04. The number of rotatable bonds is 11. The number of aliphatic hydroxyl groups is 1. The Balaban J connectivity index is 1.95. The van der Waals surface area contributed by atoms with Gasteiger partial charge in [-0.1, -0.05) is 50.2 Å². The molecule has 0 aliphatic rings. The fraction of sp³-hybridized carbons (Fsp3) is 0.346. The summed E-state index contributed by atoms with van der Waals surface area (Å²) in [5.41, 5.74) is 0.398. The van der Waals surface area contributed by atoms with Crippen molar-refractivity contribution in [3.05, 3.63) is 77.2 Å². The Hall–Kier alpha value is -3.72. The van der Waals surface area contributed by atoms with Crippen LogP contribution in [0.15, 0.2) is 54.6 Å². The molecule has 3 aromatic rings. The number of carboxylic acid groups (broad SMARTS) is 1. The van der Waals surface area contributed by atoms with E-state index in [0.29, 0.717) is 18.4 Å². The predicted octanol–water partition coefficient (Wildman–Crippen LogP) is 4.20. The molecule has 1 aromatic heterocycles. The van der Waals surface area contributed by atoms with E-state index in [1.165, 1.54) is 24.3 Å². The van der Waals surface area contributed by atoms with Crippen LogP contribution >= 0.6 is 0 Å². The number of hydrogen-bond acceptors (Lipinski definition) is 5. The molecule has 0 aliphatic carbocycles. The minimum absolute atomic E-state index is 0.0686. The molecular weight excluding hydrogens is 453 g/mol. The highest BCUT2D eigenvalue weighted by atomic mass is 19.1. The van der Waals surface area contributed by atoms with E-state index in [-0.39, 0.29) is 30.3 Å². The van der Waals surface area contributed by atoms with Crippen molar-refractivity contribution in [2.75, 3.05) is 6.61 Å². The summed E-state index contributed by atoms with van der Waals surface area (Å²) < 4.78 is 21.5. The van der Waals surface area contributed by atoms with E-state index >= 15 is 0 Å². The minimum Gasteiger partial charge on any atom is -0.481 e. The lowest BCUT2D eigenvalue weighted by Gasteiger charge is -2.25. The Morgan fingerprint density at radius 3 is 2.43 bits per heavy atom. The van der Waals surface area contributed by atoms with Gasteiger partial charge in [-0.15, -0.1) is 0 Å². The molecule has 0 spiro atoms. The van der Waals surface area contributed by atoms with Crippen LogP contribution in [0.4, 0.5) is 4.39 Å². The lowest BCUT2D eigenvalue weighted by atomic mass is 9.98. The van der Waals surface area contributed by atoms with Crippen LogP contribution in [0, 0.1) is 12.7 Å². The average molecular weight is 484 g/mol. The number of carbonyl (C=O) groups is 2. The summed E-state index contributed by atoms with van der Waals surface area (Å²) in [5.74, 6) is -2.21. The van der Waals surface area contributed by atoms with Gasteiger partial charge in [0.1, 0.15) is 18.1 Å². The normalized spacial score (nSPS) is 12.3. The van der Waals surface area contributed by atoms with E-state index < -0.39 is 29.3 Å². The van der Waals surface area contributed by atoms with Gasteiger partial charge in [-0.3, -0.25) is 9.59 Å². The molecule has 8 nitrogen and oxygen atoms in total. The highest BCUT2D eigenvalue weighted by molar-refractivity contribution is 5.93. The number of nitrogens with zero attached hydrogens (tertiary/aromatic N) is 2. The number of nitrogens with one attached hydrogen (secondary N) is 1. The van der Waals surface area contributed by atoms with Gasteiger partial charge in [0.2, 0.25) is 5.88 Å². The van der Waals surface area contributed by atoms with Crippen LogP contribution in [0.25, 0.3) is 5.69 Å². The third kappa shape index (κ3) is 6.24. The maximum atomic E-state index is 14.6. The maximum absolute atomic E-state index is 14.6. The molecule has 0 fully saturated rings. The lowest BCUT2D eigenvalue weighted by molar-refractivity contribution is -0.137. The monoisotopic (exact) mass is 483 g/mol. The molecule has 1 heterocycles. The number of ether oxygens (including phenoxy) is 1. The molecule has 0 aliphatic heterocycles. The van der Waals surface area contributed by atoms with Crippen molar-refractivity contribution < 1.29 is 28.9 Å². The van der Waals surface area contributed by atoms with Gasteiger partial charge >= 0.3 is 5.97 Å². The van der Waals surface area contributed by atoms with E-state index in [1.54, 1.807) is 18.2 Å². The molecule has 2 aromatic carbocycles. The molecule has 3 N–H and O–H groups in total. The minimum atomic E-state index is -1.09. The van der Waals surface area contributed by atoms with Gasteiger partial charge in [-0.05, 0) is 43.0 Å². The van der Waals surface area contributed by atoms with Gasteiger partial charge in [0, 0.05) is 6.07 Å². The van der Waals surface area contributed by atoms with Crippen molar-refractivity contribution in [1.29, 1.82) is 0 Å². The summed E-state index contributed by atoms with van der Waals surface area (Å²) in [6, 6.07) is 13.6. The number of amides is 1. The van der Waals surface area contributed by atoms with Crippen molar-refractivity contribution in [1.82, 2.24) is 15.1 Å². The van der Waals surface area contributed by atoms with E-state index in [1.807, 2.05) is 32.9 Å². The molecule has 0 unspecified atom stereocenters. The second-order valence-corrected chi connectivity index (χ2v) is 8.43. The Labute approximate surface area is 203 Å². The molecule has 0 radical (unpaired) electrons. The first-order chi connectivity index (χ1) is 16.7. The Morgan fingerprint density at radius 2 is 1.80 bits per heavy atom. The zero-order chi connectivity index (χ0) is 25.6. The molecule has 1 amide bonds. The van der Waals surface area contributed by atoms with Gasteiger partial charge in [-0.25, -0.2) is 4.39 Å². The topological polar surface area (TPSA) is 114 Å². The summed E-state index contributed by atoms with van der Waals surface area (Å²) >= 11 is 0. The van der Waals surface area contributed by atoms with Crippen molar-refractivity contribution in [3.63, 3.8) is 0 Å². The summed E-state index contributed by atoms with van der Waals surface area (Å²) in [7, 11) is 0. The number of hydrogen-bond donors (Lipinski definition) is 3. The summed E-state index contributed by atoms with van der Waals surface area (Å²) in [6.45, 7) is 5.41. The SMILES string of the molecule is CCC(O)(CC)COc1cc(C(=O)N[C@@H](CC(=O)O)c2ccccc2C)nn1-c1ccccc1F. The number of para-hydroxylation sites is 1. The Bertz CT molecular complexity index is 1190. The van der Waals surface area contributed by atoms with Gasteiger partial charge < -0.3 is 20.3 Å². The zero-order valence-corrected chi connectivity index (χ0v) is 20.0. The summed E-state index contributed by atoms with van der Waals surface area (Å²) in [4.78, 5) is 24.6. The van der Waals surface area contributed by atoms with Crippen molar-refractivity contribution in [2.45, 2.75) is 51.7 Å². The molecule has 0 saturated carbocycles. The van der Waals surface area contributed by atoms with Gasteiger partial charge in [0.05, 0.1) is 18.1 Å². The fourth-order valence-electron chi connectivity index (χ4n) is 3.66. The Kier molecular flexibility index (Phi) is 8.24. The second-order valence-electron chi connectivity index (χ2n) is 8.43. The second kappa shape index (κ2) is 11.1. The number of carboxylic acids is 1. The van der Waals surface area contributed by atoms with Crippen LogP contribution in [-0.4, -0.2) is 44.1 Å². The molecule has 1 atom stereocenters. The van der Waals surface area contributed by atoms with E-state index in [0.717, 1.165) is 10.2 Å². The number of aromatic nitrogens is 2. The number of aryl methyl sites for hydroxylation is 1. The van der Waals surface area contributed by atoms with E-state index in [2.05, 4.69) is 10.4 Å². The largest absolute Gasteiger partial charge is 0.481 e. The molecule has 0 bridgehead atoms. The fourth-order valence-corrected chi connectivity index (χ4v) is 3.66.